The van der Waals surface area contributed by atoms with E-state index in [4.69, 9.17) is 22.1 Å². The first-order chi connectivity index (χ1) is 8.81. The number of carbonyl (C=O) groups excluding carboxylic acids is 1. The van der Waals surface area contributed by atoms with E-state index in [2.05, 4.69) is 5.32 Å². The van der Waals surface area contributed by atoms with Gasteiger partial charge in [-0.2, -0.15) is 0 Å². The molecule has 1 amide bonds. The smallest absolute Gasteiger partial charge is 0.408 e. The molecular formula is C14H21ClN2O2. The number of amides is 1. The number of hydrogen-bond acceptors (Lipinski definition) is 3. The van der Waals surface area contributed by atoms with Crippen molar-refractivity contribution in [2.45, 2.75) is 38.8 Å². The van der Waals surface area contributed by atoms with Crippen LogP contribution in [0.25, 0.3) is 0 Å². The van der Waals surface area contributed by atoms with Gasteiger partial charge >= 0.3 is 6.09 Å². The molecule has 0 saturated heterocycles. The van der Waals surface area contributed by atoms with Crippen molar-refractivity contribution in [1.82, 2.24) is 5.32 Å². The number of nitrogens with one attached hydrogen (secondary N) is 1. The quantitative estimate of drug-likeness (QED) is 0.892. The molecule has 1 rings (SSSR count). The largest absolute Gasteiger partial charge is 0.444 e. The zero-order valence-corrected chi connectivity index (χ0v) is 12.3. The number of hydrogen-bond donors (Lipinski definition) is 2. The van der Waals surface area contributed by atoms with Gasteiger partial charge in [-0.15, -0.1) is 0 Å². The third kappa shape index (κ3) is 5.94. The molecule has 1 aromatic rings. The van der Waals surface area contributed by atoms with Crippen molar-refractivity contribution in [2.24, 2.45) is 5.73 Å². The Morgan fingerprint density at radius 1 is 1.37 bits per heavy atom. The standard InChI is InChI=1S/C14H21ClN2O2/c1-14(2,3)19-13(18)17-12(8-9-16)10-4-6-11(15)7-5-10/h4-7,12H,8-9,16H2,1-3H3,(H,17,18)/t12-/m1/s1. The van der Waals surface area contributed by atoms with Gasteiger partial charge in [0.05, 0.1) is 6.04 Å². The van der Waals surface area contributed by atoms with Gasteiger partial charge in [0.25, 0.3) is 0 Å². The molecule has 5 heteroatoms. The summed E-state index contributed by atoms with van der Waals surface area (Å²) >= 11 is 5.85. The molecule has 0 fully saturated rings. The van der Waals surface area contributed by atoms with Crippen LogP contribution in [0.5, 0.6) is 0 Å². The average Bonchev–Trinajstić information content (AvgIpc) is 2.27. The predicted octanol–water partition coefficient (Wildman–Crippen LogP) is 3.25. The molecule has 1 atom stereocenters. The minimum absolute atomic E-state index is 0.169. The number of alkyl carbamates (subject to hydrolysis) is 1. The Kier molecular flexibility index (Phi) is 5.63. The second-order valence-electron chi connectivity index (χ2n) is 5.33. The van der Waals surface area contributed by atoms with Crippen LogP contribution in [-0.2, 0) is 4.74 Å². The Labute approximate surface area is 119 Å². The zero-order valence-electron chi connectivity index (χ0n) is 11.6. The maximum Gasteiger partial charge on any atom is 0.408 e. The van der Waals surface area contributed by atoms with Gasteiger partial charge < -0.3 is 15.8 Å². The summed E-state index contributed by atoms with van der Waals surface area (Å²) in [4.78, 5) is 11.8. The van der Waals surface area contributed by atoms with Crippen LogP contribution in [0, 0.1) is 0 Å². The number of benzene rings is 1. The maximum atomic E-state index is 11.8. The molecule has 1 aromatic carbocycles. The fourth-order valence-corrected chi connectivity index (χ4v) is 1.76. The number of rotatable bonds is 4. The molecular weight excluding hydrogens is 264 g/mol. The number of nitrogens with two attached hydrogens (primary N) is 1. The second kappa shape index (κ2) is 6.78. The van der Waals surface area contributed by atoms with E-state index in [0.29, 0.717) is 18.0 Å². The fourth-order valence-electron chi connectivity index (χ4n) is 1.63. The Morgan fingerprint density at radius 3 is 2.42 bits per heavy atom. The summed E-state index contributed by atoms with van der Waals surface area (Å²) in [6.45, 7) is 5.95. The van der Waals surface area contributed by atoms with Crippen molar-refractivity contribution < 1.29 is 9.53 Å². The van der Waals surface area contributed by atoms with Crippen LogP contribution in [0.3, 0.4) is 0 Å². The van der Waals surface area contributed by atoms with Gasteiger partial charge in [-0.3, -0.25) is 0 Å². The number of carbonyl (C=O) groups is 1. The highest BCUT2D eigenvalue weighted by Gasteiger charge is 2.20. The maximum absolute atomic E-state index is 11.8. The average molecular weight is 285 g/mol. The third-order valence-electron chi connectivity index (χ3n) is 2.42. The molecule has 0 aliphatic rings. The van der Waals surface area contributed by atoms with Gasteiger partial charge in [0.1, 0.15) is 5.60 Å². The SMILES string of the molecule is CC(C)(C)OC(=O)N[C@H](CCN)c1ccc(Cl)cc1. The highest BCUT2D eigenvalue weighted by Crippen LogP contribution is 2.19. The Balaban J connectivity index is 2.73. The van der Waals surface area contributed by atoms with E-state index in [1.165, 1.54) is 0 Å². The van der Waals surface area contributed by atoms with E-state index >= 15 is 0 Å². The van der Waals surface area contributed by atoms with Crippen LogP contribution in [0.2, 0.25) is 5.02 Å². The topological polar surface area (TPSA) is 64.3 Å². The van der Waals surface area contributed by atoms with Crippen LogP contribution >= 0.6 is 11.6 Å². The molecule has 106 valence electrons. The van der Waals surface area contributed by atoms with E-state index in [9.17, 15) is 4.79 Å². The van der Waals surface area contributed by atoms with Crippen molar-refractivity contribution in [1.29, 1.82) is 0 Å². The first-order valence-corrected chi connectivity index (χ1v) is 6.64. The van der Waals surface area contributed by atoms with E-state index < -0.39 is 11.7 Å². The molecule has 19 heavy (non-hydrogen) atoms. The van der Waals surface area contributed by atoms with E-state index in [1.54, 1.807) is 12.1 Å². The molecule has 3 N–H and O–H groups in total. The molecule has 0 heterocycles. The highest BCUT2D eigenvalue weighted by molar-refractivity contribution is 6.30. The summed E-state index contributed by atoms with van der Waals surface area (Å²) in [5, 5.41) is 3.49. The van der Waals surface area contributed by atoms with Gasteiger partial charge in [-0.25, -0.2) is 4.79 Å². The molecule has 4 nitrogen and oxygen atoms in total. The second-order valence-corrected chi connectivity index (χ2v) is 5.76. The normalized spacial score (nSPS) is 12.9. The van der Waals surface area contributed by atoms with Gasteiger partial charge in [-0.05, 0) is 51.4 Å². The molecule has 0 aliphatic heterocycles. The predicted molar refractivity (Wildman–Crippen MR) is 77.2 cm³/mol. The molecule has 0 unspecified atom stereocenters. The summed E-state index contributed by atoms with van der Waals surface area (Å²) in [5.74, 6) is 0. The summed E-state index contributed by atoms with van der Waals surface area (Å²) in [6, 6.07) is 7.16. The van der Waals surface area contributed by atoms with Gasteiger partial charge in [0.15, 0.2) is 0 Å². The van der Waals surface area contributed by atoms with Gasteiger partial charge in [0.2, 0.25) is 0 Å². The lowest BCUT2D eigenvalue weighted by atomic mass is 10.0. The molecule has 0 spiro atoms. The Hall–Kier alpha value is -1.26. The lowest BCUT2D eigenvalue weighted by molar-refractivity contribution is 0.0501. The molecule has 0 aromatic heterocycles. The van der Waals surface area contributed by atoms with E-state index in [0.717, 1.165) is 5.56 Å². The van der Waals surface area contributed by atoms with Crippen LogP contribution < -0.4 is 11.1 Å². The summed E-state index contributed by atoms with van der Waals surface area (Å²) in [6.07, 6.45) is 0.196. The summed E-state index contributed by atoms with van der Waals surface area (Å²) < 4.78 is 5.24. The molecule has 0 saturated carbocycles. The Morgan fingerprint density at radius 2 is 1.95 bits per heavy atom. The zero-order chi connectivity index (χ0) is 14.5. The van der Waals surface area contributed by atoms with E-state index in [-0.39, 0.29) is 6.04 Å². The van der Waals surface area contributed by atoms with E-state index in [1.807, 2.05) is 32.9 Å². The number of halogens is 1. The first-order valence-electron chi connectivity index (χ1n) is 6.27. The number of ether oxygens (including phenoxy) is 1. The fraction of sp³-hybridized carbons (Fsp3) is 0.500. The van der Waals surface area contributed by atoms with Crippen molar-refractivity contribution in [3.63, 3.8) is 0 Å². The van der Waals surface area contributed by atoms with Crippen LogP contribution in [0.1, 0.15) is 38.8 Å². The first kappa shape index (κ1) is 15.8. The van der Waals surface area contributed by atoms with Crippen LogP contribution in [-0.4, -0.2) is 18.2 Å². The Bertz CT molecular complexity index is 412. The molecule has 0 bridgehead atoms. The minimum atomic E-state index is -0.517. The monoisotopic (exact) mass is 284 g/mol. The van der Waals surface area contributed by atoms with Crippen LogP contribution in [0.15, 0.2) is 24.3 Å². The van der Waals surface area contributed by atoms with Crippen LogP contribution in [0.4, 0.5) is 4.79 Å². The van der Waals surface area contributed by atoms with Crippen molar-refractivity contribution in [3.8, 4) is 0 Å². The summed E-state index contributed by atoms with van der Waals surface area (Å²) in [5.41, 5.74) is 6.02. The summed E-state index contributed by atoms with van der Waals surface area (Å²) in [7, 11) is 0. The highest BCUT2D eigenvalue weighted by atomic mass is 35.5. The minimum Gasteiger partial charge on any atom is -0.444 e. The van der Waals surface area contributed by atoms with Gasteiger partial charge in [0, 0.05) is 5.02 Å². The van der Waals surface area contributed by atoms with Gasteiger partial charge in [-0.1, -0.05) is 23.7 Å². The molecule has 0 aliphatic carbocycles. The van der Waals surface area contributed by atoms with Crippen molar-refractivity contribution in [2.75, 3.05) is 6.54 Å². The van der Waals surface area contributed by atoms with Crippen molar-refractivity contribution in [3.05, 3.63) is 34.9 Å². The third-order valence-corrected chi connectivity index (χ3v) is 2.67. The lowest BCUT2D eigenvalue weighted by Gasteiger charge is -2.23. The molecule has 0 radical (unpaired) electrons. The van der Waals surface area contributed by atoms with Crippen molar-refractivity contribution >= 4 is 17.7 Å². The lowest BCUT2D eigenvalue weighted by Crippen LogP contribution is -2.35.